The molecule has 0 unspecified atom stereocenters. The van der Waals surface area contributed by atoms with Gasteiger partial charge in [0.15, 0.2) is 0 Å². The van der Waals surface area contributed by atoms with Crippen LogP contribution < -0.4 is 10.6 Å². The van der Waals surface area contributed by atoms with E-state index in [1.807, 2.05) is 26.8 Å². The average molecular weight is 408 g/mol. The molecule has 0 bridgehead atoms. The van der Waals surface area contributed by atoms with Gasteiger partial charge in [-0.3, -0.25) is 4.79 Å². The van der Waals surface area contributed by atoms with E-state index in [1.54, 1.807) is 43.4 Å². The maximum atomic E-state index is 12.4. The molecule has 2 rings (SSSR count). The quantitative estimate of drug-likeness (QED) is 0.732. The van der Waals surface area contributed by atoms with Crippen LogP contribution in [0.1, 0.15) is 36.7 Å². The molecule has 2 N–H and O–H groups in total. The van der Waals surface area contributed by atoms with Gasteiger partial charge in [0, 0.05) is 30.4 Å². The Morgan fingerprint density at radius 3 is 2.26 bits per heavy atom. The molecule has 3 amide bonds. The summed E-state index contributed by atoms with van der Waals surface area (Å²) in [7, 11) is 1.66. The third-order valence-corrected chi connectivity index (χ3v) is 4.53. The summed E-state index contributed by atoms with van der Waals surface area (Å²) in [5, 5.41) is 6.57. The number of benzene rings is 2. The molecule has 0 aliphatic heterocycles. The Morgan fingerprint density at radius 1 is 1.04 bits per heavy atom. The SMILES string of the molecule is CN(Cc1cccc(Cl)c1Cl)C(=O)Nc1ccc(C(=O)NC(C)(C)C)cc1. The molecule has 5 nitrogen and oxygen atoms in total. The van der Waals surface area contributed by atoms with Crippen LogP contribution >= 0.6 is 23.2 Å². The smallest absolute Gasteiger partial charge is 0.321 e. The minimum absolute atomic E-state index is 0.159. The third-order valence-electron chi connectivity index (χ3n) is 3.67. The second-order valence-corrected chi connectivity index (χ2v) is 8.07. The zero-order chi connectivity index (χ0) is 20.2. The van der Waals surface area contributed by atoms with E-state index in [1.165, 1.54) is 4.90 Å². The Kier molecular flexibility index (Phi) is 6.73. The number of nitrogens with zero attached hydrogens (tertiary/aromatic N) is 1. The van der Waals surface area contributed by atoms with Gasteiger partial charge >= 0.3 is 6.03 Å². The zero-order valence-corrected chi connectivity index (χ0v) is 17.3. The minimum atomic E-state index is -0.311. The number of nitrogens with one attached hydrogen (secondary N) is 2. The molecule has 144 valence electrons. The highest BCUT2D eigenvalue weighted by Gasteiger charge is 2.16. The molecule has 0 heterocycles. The standard InChI is InChI=1S/C20H23Cl2N3O2/c1-20(2,3)24-18(26)13-8-10-15(11-9-13)23-19(27)25(4)12-14-6-5-7-16(21)17(14)22/h5-11H,12H2,1-4H3,(H,23,27)(H,24,26). The monoisotopic (exact) mass is 407 g/mol. The van der Waals surface area contributed by atoms with E-state index in [-0.39, 0.29) is 17.5 Å². The van der Waals surface area contributed by atoms with E-state index >= 15 is 0 Å². The summed E-state index contributed by atoms with van der Waals surface area (Å²) in [6.07, 6.45) is 0. The van der Waals surface area contributed by atoms with Crippen LogP contribution in [0, 0.1) is 0 Å². The Balaban J connectivity index is 1.99. The van der Waals surface area contributed by atoms with Crippen molar-refractivity contribution in [3.05, 3.63) is 63.6 Å². The Hall–Kier alpha value is -2.24. The second-order valence-electron chi connectivity index (χ2n) is 7.28. The van der Waals surface area contributed by atoms with Gasteiger partial charge in [-0.05, 0) is 56.7 Å². The van der Waals surface area contributed by atoms with Crippen LogP contribution in [0.4, 0.5) is 10.5 Å². The molecule has 0 spiro atoms. The molecular weight excluding hydrogens is 385 g/mol. The predicted octanol–water partition coefficient (Wildman–Crippen LogP) is 5.19. The number of hydrogen-bond donors (Lipinski definition) is 2. The van der Waals surface area contributed by atoms with Crippen molar-refractivity contribution < 1.29 is 9.59 Å². The maximum Gasteiger partial charge on any atom is 0.321 e. The average Bonchev–Trinajstić information content (AvgIpc) is 2.58. The van der Waals surface area contributed by atoms with Crippen LogP contribution in [-0.4, -0.2) is 29.4 Å². The van der Waals surface area contributed by atoms with E-state index in [2.05, 4.69) is 10.6 Å². The first-order valence-electron chi connectivity index (χ1n) is 8.44. The van der Waals surface area contributed by atoms with Gasteiger partial charge in [0.05, 0.1) is 10.0 Å². The largest absolute Gasteiger partial charge is 0.347 e. The normalized spacial score (nSPS) is 11.0. The number of hydrogen-bond acceptors (Lipinski definition) is 2. The van der Waals surface area contributed by atoms with E-state index in [0.29, 0.717) is 27.8 Å². The van der Waals surface area contributed by atoms with E-state index in [4.69, 9.17) is 23.2 Å². The molecule has 0 saturated carbocycles. The second kappa shape index (κ2) is 8.63. The number of halogens is 2. The fourth-order valence-corrected chi connectivity index (χ4v) is 2.71. The van der Waals surface area contributed by atoms with Crippen molar-refractivity contribution in [3.63, 3.8) is 0 Å². The number of carbonyl (C=O) groups excluding carboxylic acids is 2. The van der Waals surface area contributed by atoms with E-state index in [0.717, 1.165) is 5.56 Å². The van der Waals surface area contributed by atoms with Gasteiger partial charge < -0.3 is 15.5 Å². The van der Waals surface area contributed by atoms with Gasteiger partial charge in [0.25, 0.3) is 5.91 Å². The van der Waals surface area contributed by atoms with E-state index < -0.39 is 0 Å². The summed E-state index contributed by atoms with van der Waals surface area (Å²) in [5.41, 5.74) is 1.57. The molecule has 0 radical (unpaired) electrons. The Labute approximate surface area is 169 Å². The number of urea groups is 1. The highest BCUT2D eigenvalue weighted by atomic mass is 35.5. The van der Waals surface area contributed by atoms with Crippen molar-refractivity contribution in [2.45, 2.75) is 32.9 Å². The summed E-state index contributed by atoms with van der Waals surface area (Å²) in [6.45, 7) is 6.07. The van der Waals surface area contributed by atoms with Crippen LogP contribution in [0.2, 0.25) is 10.0 Å². The van der Waals surface area contributed by atoms with Crippen molar-refractivity contribution in [1.29, 1.82) is 0 Å². The topological polar surface area (TPSA) is 61.4 Å². The first-order valence-corrected chi connectivity index (χ1v) is 9.20. The first-order chi connectivity index (χ1) is 12.6. The predicted molar refractivity (Wildman–Crippen MR) is 111 cm³/mol. The van der Waals surface area contributed by atoms with Gasteiger partial charge in [-0.1, -0.05) is 35.3 Å². The maximum absolute atomic E-state index is 12.4. The molecule has 2 aromatic carbocycles. The minimum Gasteiger partial charge on any atom is -0.347 e. The molecule has 0 fully saturated rings. The third kappa shape index (κ3) is 6.15. The van der Waals surface area contributed by atoms with E-state index in [9.17, 15) is 9.59 Å². The van der Waals surface area contributed by atoms with Gasteiger partial charge in [-0.2, -0.15) is 0 Å². The molecule has 0 aromatic heterocycles. The molecule has 2 aromatic rings. The zero-order valence-electron chi connectivity index (χ0n) is 15.8. The van der Waals surface area contributed by atoms with Crippen LogP contribution in [0.15, 0.2) is 42.5 Å². The number of anilines is 1. The van der Waals surface area contributed by atoms with Gasteiger partial charge in [0.1, 0.15) is 0 Å². The lowest BCUT2D eigenvalue weighted by Crippen LogP contribution is -2.40. The summed E-state index contributed by atoms with van der Waals surface area (Å²) >= 11 is 12.2. The summed E-state index contributed by atoms with van der Waals surface area (Å²) in [4.78, 5) is 26.0. The summed E-state index contributed by atoms with van der Waals surface area (Å²) in [5.74, 6) is -0.159. The first kappa shape index (κ1) is 21.1. The van der Waals surface area contributed by atoms with Crippen molar-refractivity contribution in [1.82, 2.24) is 10.2 Å². The molecule has 27 heavy (non-hydrogen) atoms. The van der Waals surface area contributed by atoms with Crippen molar-refractivity contribution in [3.8, 4) is 0 Å². The molecule has 0 saturated heterocycles. The van der Waals surface area contributed by atoms with Gasteiger partial charge in [-0.25, -0.2) is 4.79 Å². The Bertz CT molecular complexity index is 830. The van der Waals surface area contributed by atoms with Crippen LogP contribution in [-0.2, 0) is 6.54 Å². The highest BCUT2D eigenvalue weighted by Crippen LogP contribution is 2.26. The fourth-order valence-electron chi connectivity index (χ4n) is 2.33. The molecule has 0 aliphatic carbocycles. The molecule has 7 heteroatoms. The lowest BCUT2D eigenvalue weighted by atomic mass is 10.1. The number of carbonyl (C=O) groups is 2. The van der Waals surface area contributed by atoms with Crippen LogP contribution in [0.3, 0.4) is 0 Å². The number of rotatable bonds is 4. The van der Waals surface area contributed by atoms with Crippen molar-refractivity contribution in [2.75, 3.05) is 12.4 Å². The summed E-state index contributed by atoms with van der Waals surface area (Å²) < 4.78 is 0. The van der Waals surface area contributed by atoms with Crippen molar-refractivity contribution in [2.24, 2.45) is 0 Å². The lowest BCUT2D eigenvalue weighted by molar-refractivity contribution is 0.0919. The van der Waals surface area contributed by atoms with Crippen LogP contribution in [0.5, 0.6) is 0 Å². The fraction of sp³-hybridized carbons (Fsp3) is 0.300. The Morgan fingerprint density at radius 2 is 1.67 bits per heavy atom. The molecule has 0 aliphatic rings. The highest BCUT2D eigenvalue weighted by molar-refractivity contribution is 6.42. The lowest BCUT2D eigenvalue weighted by Gasteiger charge is -2.21. The van der Waals surface area contributed by atoms with Gasteiger partial charge in [-0.15, -0.1) is 0 Å². The number of amides is 3. The van der Waals surface area contributed by atoms with Crippen molar-refractivity contribution >= 4 is 40.8 Å². The van der Waals surface area contributed by atoms with Gasteiger partial charge in [0.2, 0.25) is 0 Å². The van der Waals surface area contributed by atoms with Crippen LogP contribution in [0.25, 0.3) is 0 Å². The summed E-state index contributed by atoms with van der Waals surface area (Å²) in [6, 6.07) is 11.7. The molecule has 0 atom stereocenters. The molecular formula is C20H23Cl2N3O2.